The minimum absolute atomic E-state index is 0.209. The van der Waals surface area contributed by atoms with Crippen LogP contribution in [0, 0.1) is 0 Å². The number of rotatable bonds is 5. The van der Waals surface area contributed by atoms with Crippen molar-refractivity contribution in [3.8, 4) is 5.75 Å². The van der Waals surface area contributed by atoms with Gasteiger partial charge < -0.3 is 4.74 Å². The number of nitrogens with zero attached hydrogens (tertiary/aromatic N) is 2. The molecule has 0 bridgehead atoms. The number of hydrogen-bond acceptors (Lipinski definition) is 4. The summed E-state index contributed by atoms with van der Waals surface area (Å²) in [5.74, 6) is -0.355. The summed E-state index contributed by atoms with van der Waals surface area (Å²) in [5, 5.41) is 6.71. The maximum Gasteiger partial charge on any atom is 0.343 e. The van der Waals surface area contributed by atoms with Crippen LogP contribution < -0.4 is 4.74 Å². The first-order valence-electron chi connectivity index (χ1n) is 11.2. The maximum absolute atomic E-state index is 13.4. The van der Waals surface area contributed by atoms with Gasteiger partial charge in [0.25, 0.3) is 5.91 Å². The smallest absolute Gasteiger partial charge is 0.343 e. The van der Waals surface area contributed by atoms with Crippen LogP contribution in [0.25, 0.3) is 0 Å². The standard InChI is InChI=1S/C29H21ClN2O3/c30-23-16-17-27(35-29(34)22-14-8-3-9-15-22)24(18-23)25-19-26(20-10-4-1-5-11-20)32(31-25)28(33)21-12-6-2-7-13-21/h1-18,26H,19H2/t26-/m0/s1. The first-order chi connectivity index (χ1) is 17.1. The van der Waals surface area contributed by atoms with Crippen LogP contribution in [0.15, 0.2) is 114 Å². The van der Waals surface area contributed by atoms with Gasteiger partial charge in [-0.15, -0.1) is 0 Å². The fourth-order valence-corrected chi connectivity index (χ4v) is 4.23. The lowest BCUT2D eigenvalue weighted by Gasteiger charge is -2.22. The third kappa shape index (κ3) is 4.86. The van der Waals surface area contributed by atoms with Crippen LogP contribution in [0.2, 0.25) is 5.02 Å². The molecule has 1 atom stereocenters. The highest BCUT2D eigenvalue weighted by Gasteiger charge is 2.34. The van der Waals surface area contributed by atoms with Gasteiger partial charge in [-0.25, -0.2) is 9.80 Å². The summed E-state index contributed by atoms with van der Waals surface area (Å²) in [6.45, 7) is 0. The van der Waals surface area contributed by atoms with Crippen LogP contribution in [-0.4, -0.2) is 22.6 Å². The van der Waals surface area contributed by atoms with Crippen LogP contribution in [0.5, 0.6) is 5.75 Å². The van der Waals surface area contributed by atoms with Crippen molar-refractivity contribution in [3.63, 3.8) is 0 Å². The molecule has 4 aromatic rings. The van der Waals surface area contributed by atoms with Crippen molar-refractivity contribution in [2.45, 2.75) is 12.5 Å². The van der Waals surface area contributed by atoms with Gasteiger partial charge in [-0.1, -0.05) is 78.3 Å². The van der Waals surface area contributed by atoms with E-state index < -0.39 is 5.97 Å². The molecule has 1 heterocycles. The zero-order valence-electron chi connectivity index (χ0n) is 18.7. The van der Waals surface area contributed by atoms with Gasteiger partial charge in [-0.3, -0.25) is 4.79 Å². The van der Waals surface area contributed by atoms with E-state index in [1.165, 1.54) is 5.01 Å². The Morgan fingerprint density at radius 2 is 1.40 bits per heavy atom. The number of esters is 1. The van der Waals surface area contributed by atoms with Gasteiger partial charge in [0.05, 0.1) is 17.3 Å². The number of halogens is 1. The van der Waals surface area contributed by atoms with Gasteiger partial charge in [-0.05, 0) is 48.0 Å². The van der Waals surface area contributed by atoms with Crippen LogP contribution >= 0.6 is 11.6 Å². The molecule has 0 aromatic heterocycles. The number of amides is 1. The number of benzene rings is 4. The summed E-state index contributed by atoms with van der Waals surface area (Å²) < 4.78 is 5.74. The van der Waals surface area contributed by atoms with Crippen LogP contribution in [0.3, 0.4) is 0 Å². The average molecular weight is 481 g/mol. The Hall–Kier alpha value is -4.22. The fraction of sp³-hybridized carbons (Fsp3) is 0.0690. The van der Waals surface area contributed by atoms with Crippen molar-refractivity contribution >= 4 is 29.2 Å². The summed E-state index contributed by atoms with van der Waals surface area (Å²) >= 11 is 6.32. The van der Waals surface area contributed by atoms with Crippen molar-refractivity contribution in [1.29, 1.82) is 0 Å². The molecule has 1 amide bonds. The van der Waals surface area contributed by atoms with Crippen molar-refractivity contribution in [2.24, 2.45) is 5.10 Å². The van der Waals surface area contributed by atoms with Crippen LogP contribution in [0.4, 0.5) is 0 Å². The Morgan fingerprint density at radius 3 is 2.06 bits per heavy atom. The summed E-state index contributed by atoms with van der Waals surface area (Å²) in [4.78, 5) is 26.2. The minimum Gasteiger partial charge on any atom is -0.422 e. The van der Waals surface area contributed by atoms with E-state index in [4.69, 9.17) is 21.4 Å². The summed E-state index contributed by atoms with van der Waals surface area (Å²) in [6, 6.07) is 32.3. The number of carbonyl (C=O) groups is 2. The van der Waals surface area contributed by atoms with Crippen LogP contribution in [0.1, 0.15) is 44.3 Å². The fourth-order valence-electron chi connectivity index (χ4n) is 4.06. The predicted octanol–water partition coefficient (Wildman–Crippen LogP) is 6.55. The van der Waals surface area contributed by atoms with E-state index in [0.717, 1.165) is 5.56 Å². The Morgan fingerprint density at radius 1 is 0.800 bits per heavy atom. The van der Waals surface area contributed by atoms with Crippen molar-refractivity contribution in [3.05, 3.63) is 136 Å². The molecule has 0 saturated heterocycles. The molecule has 35 heavy (non-hydrogen) atoms. The number of ether oxygens (including phenoxy) is 1. The number of carbonyl (C=O) groups excluding carboxylic acids is 2. The largest absolute Gasteiger partial charge is 0.422 e. The monoisotopic (exact) mass is 480 g/mol. The van der Waals surface area contributed by atoms with E-state index in [2.05, 4.69) is 0 Å². The van der Waals surface area contributed by atoms with Crippen molar-refractivity contribution < 1.29 is 14.3 Å². The molecule has 5 nitrogen and oxygen atoms in total. The molecule has 6 heteroatoms. The molecule has 0 N–H and O–H groups in total. The second-order valence-electron chi connectivity index (χ2n) is 8.09. The van der Waals surface area contributed by atoms with Crippen LogP contribution in [-0.2, 0) is 0 Å². The molecular weight excluding hydrogens is 460 g/mol. The second kappa shape index (κ2) is 9.95. The molecule has 172 valence electrons. The van der Waals surface area contributed by atoms with E-state index in [0.29, 0.717) is 39.6 Å². The molecule has 0 saturated carbocycles. The van der Waals surface area contributed by atoms with Crippen molar-refractivity contribution in [2.75, 3.05) is 0 Å². The summed E-state index contributed by atoms with van der Waals surface area (Å²) in [5.41, 5.74) is 3.12. The normalized spacial score (nSPS) is 14.9. The van der Waals surface area contributed by atoms with Crippen molar-refractivity contribution in [1.82, 2.24) is 5.01 Å². The molecule has 0 spiro atoms. The number of hydrazone groups is 1. The molecule has 0 unspecified atom stereocenters. The molecule has 0 radical (unpaired) electrons. The lowest BCUT2D eigenvalue weighted by molar-refractivity contribution is 0.0708. The van der Waals surface area contributed by atoms with Gasteiger partial charge in [0.1, 0.15) is 5.75 Å². The first kappa shape index (κ1) is 22.6. The maximum atomic E-state index is 13.4. The molecule has 0 aliphatic carbocycles. The lowest BCUT2D eigenvalue weighted by Crippen LogP contribution is -2.27. The quantitative estimate of drug-likeness (QED) is 0.240. The average Bonchev–Trinajstić information content (AvgIpc) is 3.36. The molecule has 5 rings (SSSR count). The molecule has 0 fully saturated rings. The molecular formula is C29H21ClN2O3. The van der Waals surface area contributed by atoms with E-state index in [1.54, 1.807) is 54.6 Å². The lowest BCUT2D eigenvalue weighted by atomic mass is 9.97. The third-order valence-electron chi connectivity index (χ3n) is 5.79. The second-order valence-corrected chi connectivity index (χ2v) is 8.53. The SMILES string of the molecule is O=C(Oc1ccc(Cl)cc1C1=NN(C(=O)c2ccccc2)[C@H](c2ccccc2)C1)c1ccccc1. The van der Waals surface area contributed by atoms with Gasteiger partial charge in [0, 0.05) is 22.6 Å². The first-order valence-corrected chi connectivity index (χ1v) is 11.6. The highest BCUT2D eigenvalue weighted by Crippen LogP contribution is 2.37. The minimum atomic E-state index is -0.482. The Labute approximate surface area is 208 Å². The van der Waals surface area contributed by atoms with Gasteiger partial charge >= 0.3 is 5.97 Å². The Balaban J connectivity index is 1.53. The predicted molar refractivity (Wildman–Crippen MR) is 136 cm³/mol. The van der Waals surface area contributed by atoms with Gasteiger partial charge in [-0.2, -0.15) is 5.10 Å². The van der Waals surface area contributed by atoms with E-state index >= 15 is 0 Å². The van der Waals surface area contributed by atoms with E-state index in [1.807, 2.05) is 54.6 Å². The Kier molecular flexibility index (Phi) is 6.42. The van der Waals surface area contributed by atoms with E-state index in [-0.39, 0.29) is 11.9 Å². The summed E-state index contributed by atoms with van der Waals surface area (Å²) in [7, 11) is 0. The van der Waals surface area contributed by atoms with E-state index in [9.17, 15) is 9.59 Å². The summed E-state index contributed by atoms with van der Waals surface area (Å²) in [6.07, 6.45) is 0.443. The zero-order chi connectivity index (χ0) is 24.2. The van der Waals surface area contributed by atoms with Gasteiger partial charge in [0.2, 0.25) is 0 Å². The third-order valence-corrected chi connectivity index (χ3v) is 6.02. The zero-order valence-corrected chi connectivity index (χ0v) is 19.4. The molecule has 4 aromatic carbocycles. The molecule has 1 aliphatic rings. The number of hydrogen-bond donors (Lipinski definition) is 0. The molecule has 1 aliphatic heterocycles. The highest BCUT2D eigenvalue weighted by molar-refractivity contribution is 6.31. The topological polar surface area (TPSA) is 59.0 Å². The Bertz CT molecular complexity index is 1390. The van der Waals surface area contributed by atoms with Gasteiger partial charge in [0.15, 0.2) is 0 Å². The highest BCUT2D eigenvalue weighted by atomic mass is 35.5.